The van der Waals surface area contributed by atoms with Crippen LogP contribution in [-0.2, 0) is 10.0 Å². The van der Waals surface area contributed by atoms with Crippen molar-refractivity contribution < 1.29 is 22.9 Å². The molecule has 174 valence electrons. The highest BCUT2D eigenvalue weighted by Crippen LogP contribution is 2.29. The van der Waals surface area contributed by atoms with E-state index in [1.54, 1.807) is 45.0 Å². The van der Waals surface area contributed by atoms with E-state index in [0.717, 1.165) is 11.0 Å². The fraction of sp³-hybridized carbons (Fsp3) is 0.286. The standard InChI is InChI=1S/C21H23N5O6S/c1-4-24(5-2)33(31,32)15-10-11-18(19(12-15)26(29)30)23-22-14(3)13-25-20(27)16-8-6-7-9-17(16)21(25)28/h6-12,23H,4-5,13H2,1-3H3/b22-14+. The first-order chi connectivity index (χ1) is 15.6. The van der Waals surface area contributed by atoms with E-state index in [1.165, 1.54) is 16.4 Å². The molecule has 1 N–H and O–H groups in total. The number of nitrogens with one attached hydrogen (secondary N) is 1. The lowest BCUT2D eigenvalue weighted by Gasteiger charge is -2.18. The number of carbonyl (C=O) groups excluding carboxylic acids is 2. The van der Waals surface area contributed by atoms with Crippen LogP contribution in [0.25, 0.3) is 0 Å². The molecule has 11 nitrogen and oxygen atoms in total. The topological polar surface area (TPSA) is 142 Å². The number of amides is 2. The molecule has 0 unspecified atom stereocenters. The maximum Gasteiger partial charge on any atom is 0.295 e. The van der Waals surface area contributed by atoms with E-state index in [4.69, 9.17) is 0 Å². The zero-order valence-corrected chi connectivity index (χ0v) is 19.1. The first-order valence-electron chi connectivity index (χ1n) is 10.1. The minimum absolute atomic E-state index is 0.0276. The van der Waals surface area contributed by atoms with Gasteiger partial charge >= 0.3 is 0 Å². The number of nitrogens with zero attached hydrogens (tertiary/aromatic N) is 4. The van der Waals surface area contributed by atoms with E-state index < -0.39 is 32.4 Å². The Kier molecular flexibility index (Phi) is 6.89. The second-order valence-corrected chi connectivity index (χ2v) is 9.16. The van der Waals surface area contributed by atoms with Gasteiger partial charge in [-0.3, -0.25) is 30.0 Å². The molecule has 0 radical (unpaired) electrons. The summed E-state index contributed by atoms with van der Waals surface area (Å²) < 4.78 is 26.6. The number of sulfonamides is 1. The fourth-order valence-electron chi connectivity index (χ4n) is 3.43. The second-order valence-electron chi connectivity index (χ2n) is 7.23. The summed E-state index contributed by atoms with van der Waals surface area (Å²) in [5, 5.41) is 15.6. The van der Waals surface area contributed by atoms with Crippen LogP contribution >= 0.6 is 0 Å². The number of hydrogen-bond acceptors (Lipinski definition) is 8. The van der Waals surface area contributed by atoms with Crippen molar-refractivity contribution in [1.29, 1.82) is 0 Å². The molecule has 0 atom stereocenters. The molecule has 0 aliphatic carbocycles. The van der Waals surface area contributed by atoms with Crippen LogP contribution in [0.15, 0.2) is 52.5 Å². The van der Waals surface area contributed by atoms with Crippen LogP contribution < -0.4 is 5.43 Å². The second kappa shape index (κ2) is 9.46. The first kappa shape index (κ1) is 24.0. The first-order valence-corrected chi connectivity index (χ1v) is 11.6. The molecule has 1 aliphatic rings. The zero-order valence-electron chi connectivity index (χ0n) is 18.3. The molecule has 0 aromatic heterocycles. The molecule has 3 rings (SSSR count). The van der Waals surface area contributed by atoms with Gasteiger partial charge in [-0.1, -0.05) is 26.0 Å². The molecular formula is C21H23N5O6S. The minimum atomic E-state index is -3.88. The van der Waals surface area contributed by atoms with Crippen LogP contribution in [-0.4, -0.2) is 59.7 Å². The number of benzene rings is 2. The Hall–Kier alpha value is -3.64. The largest absolute Gasteiger partial charge is 0.295 e. The van der Waals surface area contributed by atoms with E-state index in [1.807, 2.05) is 0 Å². The highest BCUT2D eigenvalue weighted by Gasteiger charge is 2.35. The normalized spacial score (nSPS) is 14.1. The van der Waals surface area contributed by atoms with Crippen molar-refractivity contribution in [3.63, 3.8) is 0 Å². The SMILES string of the molecule is CCN(CC)S(=O)(=O)c1ccc(N/N=C(\C)CN2C(=O)c3ccccc3C2=O)c([N+](=O)[O-])c1. The Morgan fingerprint density at radius 3 is 2.18 bits per heavy atom. The van der Waals surface area contributed by atoms with Gasteiger partial charge in [-0.05, 0) is 31.2 Å². The van der Waals surface area contributed by atoms with Gasteiger partial charge in [0.2, 0.25) is 10.0 Å². The summed E-state index contributed by atoms with van der Waals surface area (Å²) in [6.45, 7) is 5.26. The van der Waals surface area contributed by atoms with Crippen LogP contribution in [0.3, 0.4) is 0 Å². The van der Waals surface area contributed by atoms with Gasteiger partial charge in [0, 0.05) is 19.2 Å². The number of hydrogen-bond donors (Lipinski definition) is 1. The van der Waals surface area contributed by atoms with Crippen LogP contribution in [0, 0.1) is 10.1 Å². The quantitative estimate of drug-likeness (QED) is 0.255. The van der Waals surface area contributed by atoms with Gasteiger partial charge in [0.1, 0.15) is 5.69 Å². The molecule has 33 heavy (non-hydrogen) atoms. The van der Waals surface area contributed by atoms with E-state index in [-0.39, 0.29) is 30.2 Å². The summed E-state index contributed by atoms with van der Waals surface area (Å²) in [6, 6.07) is 9.96. The molecule has 2 amide bonds. The summed E-state index contributed by atoms with van der Waals surface area (Å²) in [7, 11) is -3.88. The zero-order chi connectivity index (χ0) is 24.3. The number of imide groups is 1. The lowest BCUT2D eigenvalue weighted by molar-refractivity contribution is -0.384. The molecule has 0 saturated carbocycles. The number of nitro groups is 1. The number of rotatable bonds is 9. The predicted molar refractivity (Wildman–Crippen MR) is 122 cm³/mol. The Labute approximate surface area is 190 Å². The van der Waals surface area contributed by atoms with Crippen molar-refractivity contribution in [2.75, 3.05) is 25.1 Å². The van der Waals surface area contributed by atoms with Crippen molar-refractivity contribution in [1.82, 2.24) is 9.21 Å². The van der Waals surface area contributed by atoms with Crippen molar-refractivity contribution in [3.05, 3.63) is 63.7 Å². The summed E-state index contributed by atoms with van der Waals surface area (Å²) in [5.74, 6) is -0.885. The Morgan fingerprint density at radius 1 is 1.09 bits per heavy atom. The minimum Gasteiger partial charge on any atom is -0.272 e. The van der Waals surface area contributed by atoms with Crippen LogP contribution in [0.5, 0.6) is 0 Å². The van der Waals surface area contributed by atoms with Gasteiger partial charge in [-0.15, -0.1) is 0 Å². The summed E-state index contributed by atoms with van der Waals surface area (Å²) in [6.07, 6.45) is 0. The molecule has 12 heteroatoms. The number of hydrazone groups is 1. The van der Waals surface area contributed by atoms with E-state index in [2.05, 4.69) is 10.5 Å². The predicted octanol–water partition coefficient (Wildman–Crippen LogP) is 2.71. The average Bonchev–Trinajstić information content (AvgIpc) is 3.03. The number of fused-ring (bicyclic) bond motifs is 1. The smallest absolute Gasteiger partial charge is 0.272 e. The molecule has 1 heterocycles. The molecule has 0 fully saturated rings. The van der Waals surface area contributed by atoms with Crippen LogP contribution in [0.1, 0.15) is 41.5 Å². The Morgan fingerprint density at radius 2 is 1.67 bits per heavy atom. The summed E-state index contributed by atoms with van der Waals surface area (Å²) in [4.78, 5) is 36.6. The summed E-state index contributed by atoms with van der Waals surface area (Å²) >= 11 is 0. The van der Waals surface area contributed by atoms with E-state index >= 15 is 0 Å². The fourth-order valence-corrected chi connectivity index (χ4v) is 4.91. The molecule has 0 bridgehead atoms. The third kappa shape index (κ3) is 4.61. The van der Waals surface area contributed by atoms with Gasteiger partial charge in [-0.25, -0.2) is 8.42 Å². The maximum atomic E-state index is 12.7. The van der Waals surface area contributed by atoms with Crippen molar-refractivity contribution >= 4 is 38.9 Å². The van der Waals surface area contributed by atoms with Crippen molar-refractivity contribution in [2.45, 2.75) is 25.7 Å². The maximum absolute atomic E-state index is 12.7. The number of anilines is 1. The average molecular weight is 474 g/mol. The third-order valence-corrected chi connectivity index (χ3v) is 7.19. The molecule has 0 spiro atoms. The van der Waals surface area contributed by atoms with E-state index in [9.17, 15) is 28.1 Å². The van der Waals surface area contributed by atoms with Gasteiger partial charge in [0.25, 0.3) is 17.5 Å². The molecule has 0 saturated heterocycles. The molecule has 2 aromatic rings. The highest BCUT2D eigenvalue weighted by molar-refractivity contribution is 7.89. The van der Waals surface area contributed by atoms with Crippen LogP contribution in [0.4, 0.5) is 11.4 Å². The molecule has 2 aromatic carbocycles. The Balaban J connectivity index is 1.81. The molecule has 1 aliphatic heterocycles. The van der Waals surface area contributed by atoms with E-state index in [0.29, 0.717) is 16.8 Å². The highest BCUT2D eigenvalue weighted by atomic mass is 32.2. The van der Waals surface area contributed by atoms with Gasteiger partial charge in [-0.2, -0.15) is 9.41 Å². The van der Waals surface area contributed by atoms with Gasteiger partial charge < -0.3 is 0 Å². The number of nitro benzene ring substituents is 1. The molecular weight excluding hydrogens is 450 g/mol. The lowest BCUT2D eigenvalue weighted by atomic mass is 10.1. The monoisotopic (exact) mass is 473 g/mol. The number of carbonyl (C=O) groups is 2. The summed E-state index contributed by atoms with van der Waals surface area (Å²) in [5.41, 5.74) is 2.98. The van der Waals surface area contributed by atoms with Crippen molar-refractivity contribution in [3.8, 4) is 0 Å². The Bertz CT molecular complexity index is 1220. The third-order valence-electron chi connectivity index (χ3n) is 5.14. The van der Waals surface area contributed by atoms with Gasteiger partial charge in [0.05, 0.1) is 33.2 Å². The van der Waals surface area contributed by atoms with Crippen LogP contribution in [0.2, 0.25) is 0 Å². The van der Waals surface area contributed by atoms with Gasteiger partial charge in [0.15, 0.2) is 0 Å². The van der Waals surface area contributed by atoms with Crippen molar-refractivity contribution in [2.24, 2.45) is 5.10 Å². The lowest BCUT2D eigenvalue weighted by Crippen LogP contribution is -2.34.